The van der Waals surface area contributed by atoms with Crippen LogP contribution in [0.25, 0.3) is 0 Å². The van der Waals surface area contributed by atoms with Crippen molar-refractivity contribution in [1.29, 1.82) is 0 Å². The fourth-order valence-electron chi connectivity index (χ4n) is 0.475. The van der Waals surface area contributed by atoms with Crippen LogP contribution >= 0.6 is 0 Å². The highest BCUT2D eigenvalue weighted by Crippen LogP contribution is 1.94. The second kappa shape index (κ2) is 1.33. The highest BCUT2D eigenvalue weighted by atomic mass is 16.5. The van der Waals surface area contributed by atoms with E-state index in [0.717, 1.165) is 6.32 Å². The van der Waals surface area contributed by atoms with Gasteiger partial charge in [-0.25, -0.2) is 0 Å². The number of ether oxygens (including phenoxy) is 1. The van der Waals surface area contributed by atoms with Crippen LogP contribution in [-0.2, 0) is 4.74 Å². The van der Waals surface area contributed by atoms with E-state index in [2.05, 4.69) is 4.74 Å². The van der Waals surface area contributed by atoms with Crippen molar-refractivity contribution in [2.45, 2.75) is 6.32 Å². The maximum atomic E-state index is 10.0. The van der Waals surface area contributed by atoms with Crippen molar-refractivity contribution in [2.24, 2.45) is 0 Å². The molecule has 0 spiro atoms. The summed E-state index contributed by atoms with van der Waals surface area (Å²) in [5, 5.41) is 0. The highest BCUT2D eigenvalue weighted by Gasteiger charge is 2.11. The molecule has 2 nitrogen and oxygen atoms in total. The van der Waals surface area contributed by atoms with E-state index in [1.807, 2.05) is 0 Å². The summed E-state index contributed by atoms with van der Waals surface area (Å²) in [6.07, 6.45) is 0.916. The molecular weight excluding hydrogens is 78.8 g/mol. The third-order valence-electron chi connectivity index (χ3n) is 0.788. The largest absolute Gasteiger partial charge is 0.475 e. The van der Waals surface area contributed by atoms with E-state index in [1.165, 1.54) is 0 Å². The van der Waals surface area contributed by atoms with Gasteiger partial charge in [0.2, 0.25) is 5.87 Å². The summed E-state index contributed by atoms with van der Waals surface area (Å²) in [4.78, 5) is 10.0. The molecule has 0 N–H and O–H groups in total. The van der Waals surface area contributed by atoms with Crippen LogP contribution in [0, 0.1) is 0 Å². The lowest BCUT2D eigenvalue weighted by molar-refractivity contribution is 0.187. The molecule has 0 radical (unpaired) electrons. The number of rotatable bonds is 0. The van der Waals surface area contributed by atoms with E-state index in [1.54, 1.807) is 0 Å². The summed E-state index contributed by atoms with van der Waals surface area (Å²) < 4.78 is 4.51. The average Bonchev–Trinajstić information content (AvgIpc) is 1.86. The highest BCUT2D eigenvalue weighted by molar-refractivity contribution is 6.73. The van der Waals surface area contributed by atoms with Crippen LogP contribution < -0.4 is 0 Å². The number of carbonyl (C=O) groups excluding carboxylic acids is 1. The predicted molar refractivity (Wildman–Crippen MR) is 23.3 cm³/mol. The van der Waals surface area contributed by atoms with Gasteiger partial charge in [-0.1, -0.05) is 0 Å². The summed E-state index contributed by atoms with van der Waals surface area (Å²) in [5.74, 6) is -0.0463. The van der Waals surface area contributed by atoms with Crippen LogP contribution in [0.4, 0.5) is 4.79 Å². The molecule has 0 saturated carbocycles. The summed E-state index contributed by atoms with van der Waals surface area (Å²) in [7, 11) is 0.625. The topological polar surface area (TPSA) is 26.3 Å². The van der Waals surface area contributed by atoms with E-state index >= 15 is 0 Å². The molecule has 0 amide bonds. The molecule has 0 aromatic heterocycles. The Morgan fingerprint density at radius 2 is 2.67 bits per heavy atom. The molecule has 1 aliphatic rings. The second-order valence-electron chi connectivity index (χ2n) is 1.32. The first-order valence-corrected chi connectivity index (χ1v) is 2.05. The third-order valence-corrected chi connectivity index (χ3v) is 0.788. The number of cyclic esters (lactones) is 1. The van der Waals surface area contributed by atoms with E-state index in [0.29, 0.717) is 13.9 Å². The minimum Gasteiger partial charge on any atom is -0.475 e. The van der Waals surface area contributed by atoms with Crippen LogP contribution in [0.5, 0.6) is 0 Å². The lowest BCUT2D eigenvalue weighted by Crippen LogP contribution is -1.95. The zero-order chi connectivity index (χ0) is 4.41. The molecule has 6 heavy (non-hydrogen) atoms. The first kappa shape index (κ1) is 3.72. The van der Waals surface area contributed by atoms with Gasteiger partial charge in [0.1, 0.15) is 0 Å². The summed E-state index contributed by atoms with van der Waals surface area (Å²) >= 11 is 0. The number of carbonyl (C=O) groups is 1. The van der Waals surface area contributed by atoms with Crippen LogP contribution in [0.3, 0.4) is 0 Å². The van der Waals surface area contributed by atoms with E-state index in [9.17, 15) is 4.79 Å². The van der Waals surface area contributed by atoms with Gasteiger partial charge in [-0.2, -0.15) is 0 Å². The first-order valence-electron chi connectivity index (χ1n) is 2.05. The summed E-state index contributed by atoms with van der Waals surface area (Å²) in [6.45, 7) is 0.638. The van der Waals surface area contributed by atoms with Gasteiger partial charge in [-0.05, 0) is 6.32 Å². The third kappa shape index (κ3) is 0.532. The maximum Gasteiger partial charge on any atom is 0.263 e. The fraction of sp³-hybridized carbons (Fsp3) is 0.667. The van der Waals surface area contributed by atoms with Crippen LogP contribution in [0.1, 0.15) is 0 Å². The monoisotopic (exact) mass is 84.0 g/mol. The van der Waals surface area contributed by atoms with Crippen LogP contribution in [-0.4, -0.2) is 19.8 Å². The Morgan fingerprint density at radius 3 is 2.83 bits per heavy atom. The predicted octanol–water partition coefficient (Wildman–Crippen LogP) is -0.00860. The Kier molecular flexibility index (Phi) is 0.822. The molecule has 1 fully saturated rings. The minimum absolute atomic E-state index is 0.0463. The van der Waals surface area contributed by atoms with Crippen molar-refractivity contribution in [1.82, 2.24) is 0 Å². The lowest BCUT2D eigenvalue weighted by Gasteiger charge is -1.82. The van der Waals surface area contributed by atoms with Gasteiger partial charge in [0.25, 0.3) is 7.28 Å². The van der Waals surface area contributed by atoms with Crippen LogP contribution in [0.15, 0.2) is 0 Å². The van der Waals surface area contributed by atoms with Gasteiger partial charge < -0.3 is 4.74 Å². The van der Waals surface area contributed by atoms with E-state index < -0.39 is 0 Å². The average molecular weight is 83.9 g/mol. The van der Waals surface area contributed by atoms with Crippen LogP contribution in [0.2, 0.25) is 6.32 Å². The lowest BCUT2D eigenvalue weighted by atomic mass is 9.78. The molecule has 3 heteroatoms. The molecule has 0 aromatic carbocycles. The quantitative estimate of drug-likeness (QED) is 0.386. The summed E-state index contributed by atoms with van der Waals surface area (Å²) in [6, 6.07) is 0. The van der Waals surface area contributed by atoms with Gasteiger partial charge in [-0.3, -0.25) is 4.79 Å². The Hall–Kier alpha value is -0.465. The Bertz CT molecular complexity index is 63.2. The van der Waals surface area contributed by atoms with Crippen molar-refractivity contribution in [3.05, 3.63) is 0 Å². The van der Waals surface area contributed by atoms with Crippen molar-refractivity contribution in [3.63, 3.8) is 0 Å². The Balaban J connectivity index is 2.37. The molecule has 1 saturated heterocycles. The second-order valence-corrected chi connectivity index (χ2v) is 1.32. The zero-order valence-electron chi connectivity index (χ0n) is 3.44. The molecule has 0 bridgehead atoms. The SMILES string of the molecule is O=C1BCCO1. The standard InChI is InChI=1S/C3H5BO2/c5-3-4-1-2-6-3/h4H,1-2H2. The number of hydrogen-bond donors (Lipinski definition) is 0. The van der Waals surface area contributed by atoms with Gasteiger partial charge in [0.05, 0.1) is 6.61 Å². The summed E-state index contributed by atoms with van der Waals surface area (Å²) in [5.41, 5.74) is 0. The molecule has 0 unspecified atom stereocenters. The van der Waals surface area contributed by atoms with Crippen molar-refractivity contribution < 1.29 is 9.53 Å². The number of hydrogen-bond acceptors (Lipinski definition) is 2. The van der Waals surface area contributed by atoms with Gasteiger partial charge >= 0.3 is 0 Å². The molecule has 1 aliphatic heterocycles. The van der Waals surface area contributed by atoms with Crippen molar-refractivity contribution >= 4 is 13.1 Å². The Labute approximate surface area is 36.7 Å². The maximum absolute atomic E-state index is 10.0. The van der Waals surface area contributed by atoms with E-state index in [-0.39, 0.29) is 5.87 Å². The van der Waals surface area contributed by atoms with Crippen molar-refractivity contribution in [3.8, 4) is 0 Å². The van der Waals surface area contributed by atoms with E-state index in [4.69, 9.17) is 0 Å². The van der Waals surface area contributed by atoms with Gasteiger partial charge in [-0.15, -0.1) is 0 Å². The zero-order valence-corrected chi connectivity index (χ0v) is 3.44. The molecule has 1 rings (SSSR count). The fourth-order valence-corrected chi connectivity index (χ4v) is 0.475. The van der Waals surface area contributed by atoms with Gasteiger partial charge in [0.15, 0.2) is 0 Å². The molecule has 32 valence electrons. The normalized spacial score (nSPS) is 19.7. The smallest absolute Gasteiger partial charge is 0.263 e. The first-order chi connectivity index (χ1) is 2.89. The van der Waals surface area contributed by atoms with Gasteiger partial charge in [0, 0.05) is 0 Å². The Morgan fingerprint density at radius 1 is 1.83 bits per heavy atom. The molecule has 0 aliphatic carbocycles. The molecule has 1 heterocycles. The molecular formula is C3H5BO2. The van der Waals surface area contributed by atoms with Crippen molar-refractivity contribution in [2.75, 3.05) is 6.61 Å². The molecule has 0 aromatic rings. The molecule has 0 atom stereocenters. The minimum atomic E-state index is -0.0463.